The second kappa shape index (κ2) is 43.1. The maximum atomic E-state index is 13.4. The predicted molar refractivity (Wildman–Crippen MR) is 534 cm³/mol. The van der Waals surface area contributed by atoms with E-state index in [0.717, 1.165) is 107 Å². The summed E-state index contributed by atoms with van der Waals surface area (Å²) in [5.74, 6) is 10.8. The number of halogens is 8. The lowest BCUT2D eigenvalue weighted by Crippen LogP contribution is -2.59. The predicted octanol–water partition coefficient (Wildman–Crippen LogP) is 23.8. The molecule has 32 heteroatoms. The number of nitrogens with two attached hydrogens (primary N) is 2. The average molecular weight is 2030 g/mol. The highest BCUT2D eigenvalue weighted by Gasteiger charge is 2.67. The highest BCUT2D eigenvalue weighted by molar-refractivity contribution is 8.26. The van der Waals surface area contributed by atoms with Gasteiger partial charge < -0.3 is 59.9 Å². The number of rotatable bonds is 11. The average Bonchev–Trinajstić information content (AvgIpc) is 1.54. The fourth-order valence-electron chi connectivity index (χ4n) is 31.1. The van der Waals surface area contributed by atoms with E-state index in [2.05, 4.69) is 187 Å². The largest absolute Gasteiger partial charge is 0.481 e. The molecule has 12 aliphatic carbocycles. The first kappa shape index (κ1) is 104. The second-order valence-electron chi connectivity index (χ2n) is 42.4. The number of hydrogen-bond donors (Lipinski definition) is 5. The van der Waals surface area contributed by atoms with E-state index in [1.807, 2.05) is 39.4 Å². The summed E-state index contributed by atoms with van der Waals surface area (Å²) in [4.78, 5) is 83.2. The molecule has 28 atom stereocenters. The van der Waals surface area contributed by atoms with Crippen LogP contribution in [0, 0.1) is 138 Å². The molecule has 7 N–H and O–H groups in total. The molecule has 4 aliphatic heterocycles. The Balaban J connectivity index is 0.000000132. The maximum Gasteiger partial charge on any atom is 0.309 e. The summed E-state index contributed by atoms with van der Waals surface area (Å²) in [5.41, 5.74) is 12.5. The van der Waals surface area contributed by atoms with Crippen LogP contribution in [0.4, 0.5) is 11.4 Å². The summed E-state index contributed by atoms with van der Waals surface area (Å²) in [7, 11) is 8.88. The van der Waals surface area contributed by atoms with Crippen molar-refractivity contribution in [2.45, 2.75) is 261 Å². The second-order valence-corrected chi connectivity index (χ2v) is 47.3. The number of esters is 2. The zero-order valence-corrected chi connectivity index (χ0v) is 86.6. The van der Waals surface area contributed by atoms with E-state index >= 15 is 0 Å². The Bertz CT molecular complexity index is 5140. The first-order valence-corrected chi connectivity index (χ1v) is 54.4. The van der Waals surface area contributed by atoms with Crippen molar-refractivity contribution in [2.24, 2.45) is 144 Å². The number of fused-ring (bicyclic) bond motifs is 26. The molecule has 21 rings (SSSR count). The lowest BCUT2D eigenvalue weighted by Gasteiger charge is -2.59. The molecule has 736 valence electrons. The minimum absolute atomic E-state index is 0.00266. The molecule has 5 aromatic heterocycles. The van der Waals surface area contributed by atoms with Gasteiger partial charge in [0, 0.05) is 130 Å². The molecule has 16 unspecified atom stereocenters. The van der Waals surface area contributed by atoms with Gasteiger partial charge >= 0.3 is 17.9 Å². The van der Waals surface area contributed by atoms with Crippen molar-refractivity contribution < 1.29 is 52.2 Å². The van der Waals surface area contributed by atoms with Crippen molar-refractivity contribution in [1.82, 2.24) is 43.9 Å². The first-order chi connectivity index (χ1) is 63.8. The van der Waals surface area contributed by atoms with E-state index in [1.54, 1.807) is 30.3 Å². The minimum atomic E-state index is -1.67. The van der Waals surface area contributed by atoms with E-state index in [0.29, 0.717) is 131 Å². The number of hydrogen-bond acceptors (Lipinski definition) is 17. The number of alkyl halides is 2. The fraction of sp³-hybridized carbons (Fsp3) is 0.686. The number of imidazole rings is 3. The topological polar surface area (TPSA) is 315 Å². The summed E-state index contributed by atoms with van der Waals surface area (Å²) < 4.78 is 37.0. The van der Waals surface area contributed by atoms with Gasteiger partial charge in [-0.2, -0.15) is 0 Å². The Labute approximate surface area is 833 Å². The standard InChI is InChI=1S/C26H30Cl2N4O.C23H32N2O2.C21H28N2O2.C20H29NO3.C6H15NO2.C5H4Cl2N2.CH2Cl2.Cl2OS/c1-25-11-9-17-15(3-7-20-26(17,2)12-10-22-29-13-14-32(20)22)16(25)4-5-18(25)24(33)30-19-6-8-21(27)31-23(19)28;1-4-27-21(26)18-7-6-16-15-5-8-19-23(3,17(15)9-11-22(16,18)2)12-10-20-24-13-14-25(19)20;1-20-9-7-15-13(14(20)4-5-16(20)19(24)25)3-6-17-21(15,2)10-8-18-22-11-12-23(17)18;1-19-10-8-14-12(13(19)5-6-15(19)18(23)24-3)4-7-16-20(14,2)11-9-17(22)21-16;1-3-8-6(5-7)9-4-2;6-4-2-1-3(8)5(7)9-4;2-1-3;1-4(2)3/h6,8,10,12-18,20H,3-5,7,9,11H2,1-2H3,(H,30,33);10,12-19H,4-9,11H2,1-3H3;8,10-17H,3-7,9H2,1-2H3,(H,24,25);9,11-16H,4-8,10H2,1-3H3,(H,21,22);6H,3-5,7H2,1-2H3;1-2H,8H2;1H2;/t15?,16?,17?,18-,20?,25+,26-;15?,16?,17?,18-,19?,22+,23-;13?,14?,15?,16-,17?,20+,21-;12?,13?,14?,15-,16?,19+,20-;;;;/m1111..../s1. The Kier molecular flexibility index (Phi) is 33.5. The van der Waals surface area contributed by atoms with Crippen molar-refractivity contribution in [2.75, 3.05) is 49.9 Å². The smallest absolute Gasteiger partial charge is 0.309 e. The van der Waals surface area contributed by atoms with Crippen molar-refractivity contribution in [3.05, 3.63) is 130 Å². The Morgan fingerprint density at radius 3 is 1.25 bits per heavy atom. The normalized spacial score (nSPS) is 38.1. The van der Waals surface area contributed by atoms with Crippen molar-refractivity contribution >= 4 is 160 Å². The number of ether oxygens (including phenoxy) is 4. The summed E-state index contributed by atoms with van der Waals surface area (Å²) >= 11 is 32.6. The lowest BCUT2D eigenvalue weighted by molar-refractivity contribution is -0.156. The molecule has 12 fully saturated rings. The zero-order chi connectivity index (χ0) is 96.5. The zero-order valence-electron chi connectivity index (χ0n) is 79.7. The maximum absolute atomic E-state index is 13.4. The van der Waals surface area contributed by atoms with E-state index in [9.17, 15) is 29.1 Å². The third-order valence-corrected chi connectivity index (χ3v) is 38.2. The summed E-state index contributed by atoms with van der Waals surface area (Å²) in [6.07, 6.45) is 57.1. The highest BCUT2D eigenvalue weighted by atomic mass is 36.0. The Hall–Kier alpha value is -5.61. The number of aliphatic carboxylic acids is 1. The molecule has 5 aromatic rings. The van der Waals surface area contributed by atoms with Crippen LogP contribution in [0.5, 0.6) is 0 Å². The molecule has 0 radical (unpaired) electrons. The Morgan fingerprint density at radius 2 is 0.866 bits per heavy atom. The molecular weight excluding hydrogens is 1880 g/mol. The van der Waals surface area contributed by atoms with E-state index in [1.165, 1.54) is 77.7 Å². The molecule has 0 spiro atoms. The van der Waals surface area contributed by atoms with Crippen LogP contribution in [0.25, 0.3) is 18.2 Å². The molecule has 0 aromatic carbocycles. The number of carboxylic acids is 1. The van der Waals surface area contributed by atoms with Gasteiger partial charge in [0.2, 0.25) is 21.0 Å². The number of anilines is 2. The van der Waals surface area contributed by atoms with Gasteiger partial charge in [-0.15, -0.1) is 23.2 Å². The molecule has 12 saturated carbocycles. The third kappa shape index (κ3) is 20.0. The van der Waals surface area contributed by atoms with Gasteiger partial charge in [-0.25, -0.2) is 29.1 Å². The van der Waals surface area contributed by atoms with Crippen molar-refractivity contribution in [3.63, 3.8) is 0 Å². The van der Waals surface area contributed by atoms with E-state index < -0.39 is 15.2 Å². The van der Waals surface area contributed by atoms with Gasteiger partial charge in [-0.1, -0.05) is 126 Å². The molecule has 2 amide bonds. The van der Waals surface area contributed by atoms with Crippen LogP contribution in [0.15, 0.2) is 91.8 Å². The number of nitrogen functional groups attached to an aromatic ring is 1. The number of carbonyl (C=O) groups is 5. The molecule has 0 bridgehead atoms. The van der Waals surface area contributed by atoms with Crippen LogP contribution in [0.1, 0.15) is 266 Å². The third-order valence-electron chi connectivity index (χ3n) is 37.2. The SMILES string of the molecule is CCOC(=O)[C@H]1CCC2C3CCC4n5ccnc5C=C[C@]4(C)C3CC[C@@]21C.CCOC(CN)OCC.COC(=O)[C@H]1CCC2C3CCC4NC(=O)C=C[C@]4(C)C3CC[C@@]21C.C[C@]12C=Cc3nccn3C1CCC1C2CC[C@@]2(C)C1CC[C@@H]2C(=O)Nc1ccc(Cl)nc1Cl.C[C@]12C=Cc3nccn3C1CCC1C2CC[C@@]2(C)C1CC[C@@H]2C(=O)O.ClCCl.Nc1ccc(Cl)nc1Cl.O=S(Cl)Cl. The number of nitrogens with zero attached hydrogens (tertiary/aromatic N) is 8. The summed E-state index contributed by atoms with van der Waals surface area (Å²) in [6.45, 7) is 27.1. The number of carbonyl (C=O) groups excluding carboxylic acids is 4. The number of nitrogens with one attached hydrogen (secondary N) is 2. The van der Waals surface area contributed by atoms with Crippen LogP contribution < -0.4 is 22.1 Å². The van der Waals surface area contributed by atoms with Crippen LogP contribution in [-0.2, 0) is 52.1 Å². The van der Waals surface area contributed by atoms with Gasteiger partial charge in [0.1, 0.15) is 27.8 Å². The van der Waals surface area contributed by atoms with Gasteiger partial charge in [0.15, 0.2) is 16.6 Å². The number of allylic oxidation sites excluding steroid dienone is 3. The molecule has 23 nitrogen and oxygen atoms in total. The molecule has 9 heterocycles. The highest BCUT2D eigenvalue weighted by Crippen LogP contribution is 2.72. The van der Waals surface area contributed by atoms with Gasteiger partial charge in [0.25, 0.3) is 0 Å². The Morgan fingerprint density at radius 1 is 0.500 bits per heavy atom. The minimum Gasteiger partial charge on any atom is -0.481 e. The number of pyridine rings is 2. The number of methoxy groups -OCH3 is 1. The van der Waals surface area contributed by atoms with E-state index in [4.69, 9.17) is 104 Å². The summed E-state index contributed by atoms with van der Waals surface area (Å²) in [6, 6.07) is 8.41. The van der Waals surface area contributed by atoms with Gasteiger partial charge in [-0.05, 0) is 316 Å². The van der Waals surface area contributed by atoms with Crippen LogP contribution in [0.3, 0.4) is 0 Å². The van der Waals surface area contributed by atoms with Crippen LogP contribution in [0.2, 0.25) is 20.6 Å². The fourth-order valence-corrected chi connectivity index (χ4v) is 31.8. The number of carboxylic acid groups (broad SMARTS) is 1. The monoisotopic (exact) mass is 2020 g/mol. The number of amides is 2. The lowest BCUT2D eigenvalue weighted by atomic mass is 9.48. The number of aromatic nitrogens is 8. The quantitative estimate of drug-likeness (QED) is 0.0270. The van der Waals surface area contributed by atoms with Gasteiger partial charge in [0.05, 0.1) is 48.2 Å². The van der Waals surface area contributed by atoms with E-state index in [-0.39, 0.29) is 119 Å². The van der Waals surface area contributed by atoms with Gasteiger partial charge in [-0.3, -0.25) is 24.0 Å². The first-order valence-electron chi connectivity index (χ1n) is 49.0. The molecule has 16 aliphatic rings. The van der Waals surface area contributed by atoms with Crippen molar-refractivity contribution in [3.8, 4) is 0 Å². The molecule has 134 heavy (non-hydrogen) atoms. The van der Waals surface area contributed by atoms with Crippen molar-refractivity contribution in [1.29, 1.82) is 0 Å². The van der Waals surface area contributed by atoms with Crippen LogP contribution in [-0.4, -0.2) is 129 Å². The summed E-state index contributed by atoms with van der Waals surface area (Å²) in [5, 5.41) is 17.3. The molecular formula is C102H140Cl8N12O11S. The van der Waals surface area contributed by atoms with Crippen LogP contribution >= 0.6 is 91.0 Å². The molecule has 0 saturated heterocycles.